The van der Waals surface area contributed by atoms with Crippen molar-refractivity contribution in [2.75, 3.05) is 7.11 Å². The third-order valence-corrected chi connectivity index (χ3v) is 1.25. The first kappa shape index (κ1) is 10.5. The van der Waals surface area contributed by atoms with E-state index in [0.717, 1.165) is 7.11 Å². The number of aliphatic hydroxyl groups is 1. The van der Waals surface area contributed by atoms with Crippen molar-refractivity contribution in [1.82, 2.24) is 0 Å². The Morgan fingerprint density at radius 1 is 1.00 bits per heavy atom. The van der Waals surface area contributed by atoms with Gasteiger partial charge in [-0.2, -0.15) is 0 Å². The van der Waals surface area contributed by atoms with Crippen LogP contribution in [0.3, 0.4) is 0 Å². The SMILES string of the molecule is CO.O=Cc1ccccc1C=O. The van der Waals surface area contributed by atoms with Crippen LogP contribution in [0.4, 0.5) is 0 Å². The van der Waals surface area contributed by atoms with E-state index in [1.54, 1.807) is 24.3 Å². The van der Waals surface area contributed by atoms with Gasteiger partial charge in [-0.25, -0.2) is 0 Å². The fourth-order valence-corrected chi connectivity index (χ4v) is 0.726. The summed E-state index contributed by atoms with van der Waals surface area (Å²) in [5, 5.41) is 7.00. The molecule has 0 amide bonds. The van der Waals surface area contributed by atoms with Gasteiger partial charge in [-0.05, 0) is 0 Å². The van der Waals surface area contributed by atoms with Gasteiger partial charge >= 0.3 is 0 Å². The van der Waals surface area contributed by atoms with Crippen LogP contribution in [0.15, 0.2) is 24.3 Å². The smallest absolute Gasteiger partial charge is 0.150 e. The minimum Gasteiger partial charge on any atom is -0.400 e. The Morgan fingerprint density at radius 2 is 1.33 bits per heavy atom. The van der Waals surface area contributed by atoms with Crippen molar-refractivity contribution < 1.29 is 14.7 Å². The highest BCUT2D eigenvalue weighted by molar-refractivity contribution is 5.89. The van der Waals surface area contributed by atoms with Gasteiger partial charge in [-0.3, -0.25) is 9.59 Å². The van der Waals surface area contributed by atoms with E-state index < -0.39 is 0 Å². The summed E-state index contributed by atoms with van der Waals surface area (Å²) in [6.45, 7) is 0. The van der Waals surface area contributed by atoms with E-state index in [4.69, 9.17) is 5.11 Å². The molecule has 0 fully saturated rings. The Balaban J connectivity index is 0.000000561. The summed E-state index contributed by atoms with van der Waals surface area (Å²) >= 11 is 0. The first-order valence-electron chi connectivity index (χ1n) is 3.32. The summed E-state index contributed by atoms with van der Waals surface area (Å²) in [4.78, 5) is 20.5. The fourth-order valence-electron chi connectivity index (χ4n) is 0.726. The molecule has 0 aromatic heterocycles. The van der Waals surface area contributed by atoms with Crippen LogP contribution in [0.2, 0.25) is 0 Å². The first-order valence-corrected chi connectivity index (χ1v) is 3.32. The second-order valence-corrected chi connectivity index (χ2v) is 1.86. The minimum absolute atomic E-state index is 0.442. The Morgan fingerprint density at radius 3 is 1.58 bits per heavy atom. The first-order chi connectivity index (χ1) is 5.88. The zero-order chi connectivity index (χ0) is 9.40. The fraction of sp³-hybridized carbons (Fsp3) is 0.111. The van der Waals surface area contributed by atoms with E-state index in [-0.39, 0.29) is 0 Å². The number of hydrogen-bond donors (Lipinski definition) is 1. The molecule has 1 aromatic rings. The lowest BCUT2D eigenvalue weighted by molar-refractivity contribution is 0.109. The molecule has 0 aliphatic heterocycles. The highest BCUT2D eigenvalue weighted by atomic mass is 16.2. The summed E-state index contributed by atoms with van der Waals surface area (Å²) in [6.07, 6.45) is 1.34. The van der Waals surface area contributed by atoms with E-state index >= 15 is 0 Å². The van der Waals surface area contributed by atoms with E-state index in [9.17, 15) is 9.59 Å². The molecule has 0 radical (unpaired) electrons. The zero-order valence-corrected chi connectivity index (χ0v) is 6.73. The standard InChI is InChI=1S/C8H6O2.CH4O/c9-5-7-3-1-2-4-8(7)6-10;1-2/h1-6H;2H,1H3. The highest BCUT2D eigenvalue weighted by Crippen LogP contribution is 2.01. The van der Waals surface area contributed by atoms with Gasteiger partial charge in [0.2, 0.25) is 0 Å². The van der Waals surface area contributed by atoms with Crippen LogP contribution >= 0.6 is 0 Å². The van der Waals surface area contributed by atoms with E-state index in [2.05, 4.69) is 0 Å². The maximum absolute atomic E-state index is 10.2. The van der Waals surface area contributed by atoms with Crippen molar-refractivity contribution >= 4 is 12.6 Å². The molecule has 0 unspecified atom stereocenters. The predicted octanol–water partition coefficient (Wildman–Crippen LogP) is 0.920. The van der Waals surface area contributed by atoms with Crippen molar-refractivity contribution in [2.45, 2.75) is 0 Å². The van der Waals surface area contributed by atoms with Crippen LogP contribution in [0.5, 0.6) is 0 Å². The monoisotopic (exact) mass is 166 g/mol. The number of aldehydes is 2. The van der Waals surface area contributed by atoms with Crippen molar-refractivity contribution in [3.8, 4) is 0 Å². The lowest BCUT2D eigenvalue weighted by Crippen LogP contribution is -1.87. The molecule has 1 N–H and O–H groups in total. The lowest BCUT2D eigenvalue weighted by Gasteiger charge is -1.91. The van der Waals surface area contributed by atoms with Crippen LogP contribution < -0.4 is 0 Å². The molecule has 0 saturated heterocycles. The Labute approximate surface area is 70.6 Å². The summed E-state index contributed by atoms with van der Waals surface area (Å²) in [6, 6.07) is 6.65. The average Bonchev–Trinajstić information content (AvgIpc) is 2.20. The minimum atomic E-state index is 0.442. The quantitative estimate of drug-likeness (QED) is 0.664. The molecule has 1 rings (SSSR count). The van der Waals surface area contributed by atoms with Crippen molar-refractivity contribution in [3.63, 3.8) is 0 Å². The Bertz CT molecular complexity index is 229. The van der Waals surface area contributed by atoms with Crippen LogP contribution in [0.1, 0.15) is 20.7 Å². The molecule has 0 aliphatic carbocycles. The largest absolute Gasteiger partial charge is 0.400 e. The molecule has 0 spiro atoms. The van der Waals surface area contributed by atoms with Gasteiger partial charge in [-0.1, -0.05) is 24.3 Å². The number of aliphatic hydroxyl groups excluding tert-OH is 1. The lowest BCUT2D eigenvalue weighted by atomic mass is 10.1. The average molecular weight is 166 g/mol. The van der Waals surface area contributed by atoms with E-state index in [1.165, 1.54) is 0 Å². The molecule has 3 nitrogen and oxygen atoms in total. The van der Waals surface area contributed by atoms with E-state index in [0.29, 0.717) is 23.7 Å². The number of rotatable bonds is 2. The molecule has 0 bridgehead atoms. The Kier molecular flexibility index (Phi) is 5.47. The molecule has 1 aromatic carbocycles. The predicted molar refractivity (Wildman–Crippen MR) is 45.4 cm³/mol. The van der Waals surface area contributed by atoms with Crippen LogP contribution in [0, 0.1) is 0 Å². The number of carbonyl (C=O) groups is 2. The normalized spacial score (nSPS) is 7.83. The molecular formula is C9H10O3. The van der Waals surface area contributed by atoms with Gasteiger partial charge in [0.25, 0.3) is 0 Å². The van der Waals surface area contributed by atoms with Crippen LogP contribution in [-0.2, 0) is 0 Å². The Hall–Kier alpha value is -1.48. The molecule has 0 atom stereocenters. The van der Waals surface area contributed by atoms with E-state index in [1.807, 2.05) is 0 Å². The number of benzene rings is 1. The maximum atomic E-state index is 10.2. The van der Waals surface area contributed by atoms with Gasteiger partial charge < -0.3 is 5.11 Å². The van der Waals surface area contributed by atoms with Gasteiger partial charge in [0, 0.05) is 18.2 Å². The maximum Gasteiger partial charge on any atom is 0.150 e. The highest BCUT2D eigenvalue weighted by Gasteiger charge is 1.95. The van der Waals surface area contributed by atoms with Crippen molar-refractivity contribution in [1.29, 1.82) is 0 Å². The molecule has 12 heavy (non-hydrogen) atoms. The third kappa shape index (κ3) is 2.64. The zero-order valence-electron chi connectivity index (χ0n) is 6.73. The second kappa shape index (κ2) is 6.24. The number of carbonyl (C=O) groups excluding carboxylic acids is 2. The number of hydrogen-bond acceptors (Lipinski definition) is 3. The van der Waals surface area contributed by atoms with Crippen LogP contribution in [-0.4, -0.2) is 24.8 Å². The summed E-state index contributed by atoms with van der Waals surface area (Å²) in [5.74, 6) is 0. The van der Waals surface area contributed by atoms with Crippen molar-refractivity contribution in [2.24, 2.45) is 0 Å². The summed E-state index contributed by atoms with van der Waals surface area (Å²) in [7, 11) is 1.00. The van der Waals surface area contributed by atoms with Gasteiger partial charge in [-0.15, -0.1) is 0 Å². The molecule has 0 saturated carbocycles. The molecule has 0 heterocycles. The molecular weight excluding hydrogens is 156 g/mol. The van der Waals surface area contributed by atoms with Gasteiger partial charge in [0.1, 0.15) is 0 Å². The topological polar surface area (TPSA) is 54.4 Å². The molecule has 3 heteroatoms. The van der Waals surface area contributed by atoms with Crippen molar-refractivity contribution in [3.05, 3.63) is 35.4 Å². The summed E-state index contributed by atoms with van der Waals surface area (Å²) < 4.78 is 0. The van der Waals surface area contributed by atoms with Crippen LogP contribution in [0.25, 0.3) is 0 Å². The third-order valence-electron chi connectivity index (χ3n) is 1.25. The second-order valence-electron chi connectivity index (χ2n) is 1.86. The summed E-state index contributed by atoms with van der Waals surface area (Å²) in [5.41, 5.74) is 0.884. The molecule has 64 valence electrons. The molecule has 0 aliphatic rings. The van der Waals surface area contributed by atoms with Gasteiger partial charge in [0.15, 0.2) is 12.6 Å². The van der Waals surface area contributed by atoms with Gasteiger partial charge in [0.05, 0.1) is 0 Å².